The van der Waals surface area contributed by atoms with Crippen LogP contribution in [-0.4, -0.2) is 38.1 Å². The van der Waals surface area contributed by atoms with Gasteiger partial charge in [-0.3, -0.25) is 9.59 Å². The van der Waals surface area contributed by atoms with E-state index in [-0.39, 0.29) is 12.3 Å². The van der Waals surface area contributed by atoms with Gasteiger partial charge in [-0.25, -0.2) is 0 Å². The SMILES string of the molecule is CNC(=O)CCC(C(=O)O)c1ccc(N(C)C)cc1. The van der Waals surface area contributed by atoms with E-state index in [1.807, 2.05) is 31.1 Å². The summed E-state index contributed by atoms with van der Waals surface area (Å²) < 4.78 is 0. The number of carbonyl (C=O) groups is 2. The first kappa shape index (κ1) is 15.0. The maximum absolute atomic E-state index is 11.3. The quantitative estimate of drug-likeness (QED) is 0.816. The number of carboxylic acid groups (broad SMARTS) is 1. The second-order valence-corrected chi connectivity index (χ2v) is 4.59. The Hall–Kier alpha value is -2.04. The third-order valence-electron chi connectivity index (χ3n) is 3.05. The van der Waals surface area contributed by atoms with Crippen LogP contribution in [0, 0.1) is 0 Å². The number of amides is 1. The fourth-order valence-electron chi connectivity index (χ4n) is 1.84. The van der Waals surface area contributed by atoms with E-state index in [0.29, 0.717) is 6.42 Å². The highest BCUT2D eigenvalue weighted by molar-refractivity contribution is 5.79. The molecule has 19 heavy (non-hydrogen) atoms. The average Bonchev–Trinajstić information content (AvgIpc) is 2.38. The van der Waals surface area contributed by atoms with Crippen molar-refractivity contribution in [3.05, 3.63) is 29.8 Å². The summed E-state index contributed by atoms with van der Waals surface area (Å²) in [6.45, 7) is 0. The summed E-state index contributed by atoms with van der Waals surface area (Å²) in [5.41, 5.74) is 1.74. The third-order valence-corrected chi connectivity index (χ3v) is 3.05. The van der Waals surface area contributed by atoms with Crippen molar-refractivity contribution in [2.45, 2.75) is 18.8 Å². The number of carboxylic acids is 1. The van der Waals surface area contributed by atoms with Crippen molar-refractivity contribution in [2.75, 3.05) is 26.0 Å². The average molecular weight is 264 g/mol. The van der Waals surface area contributed by atoms with E-state index in [4.69, 9.17) is 0 Å². The summed E-state index contributed by atoms with van der Waals surface area (Å²) >= 11 is 0. The molecule has 0 fully saturated rings. The van der Waals surface area contributed by atoms with Crippen molar-refractivity contribution in [2.24, 2.45) is 0 Å². The van der Waals surface area contributed by atoms with Gasteiger partial charge in [-0.05, 0) is 24.1 Å². The van der Waals surface area contributed by atoms with Crippen LogP contribution in [0.5, 0.6) is 0 Å². The van der Waals surface area contributed by atoms with Crippen LogP contribution < -0.4 is 10.2 Å². The molecule has 0 aliphatic heterocycles. The zero-order valence-corrected chi connectivity index (χ0v) is 11.5. The molecule has 2 N–H and O–H groups in total. The molecule has 5 heteroatoms. The molecule has 0 saturated carbocycles. The van der Waals surface area contributed by atoms with Crippen molar-refractivity contribution < 1.29 is 14.7 Å². The molecule has 1 unspecified atom stereocenters. The number of rotatable bonds is 6. The van der Waals surface area contributed by atoms with E-state index in [9.17, 15) is 14.7 Å². The summed E-state index contributed by atoms with van der Waals surface area (Å²) in [7, 11) is 5.40. The van der Waals surface area contributed by atoms with Crippen molar-refractivity contribution in [1.29, 1.82) is 0 Å². The topological polar surface area (TPSA) is 69.6 Å². The highest BCUT2D eigenvalue weighted by Crippen LogP contribution is 2.24. The van der Waals surface area contributed by atoms with Gasteiger partial charge >= 0.3 is 5.97 Å². The summed E-state index contributed by atoms with van der Waals surface area (Å²) in [5, 5.41) is 11.7. The van der Waals surface area contributed by atoms with Crippen molar-refractivity contribution >= 4 is 17.6 Å². The number of hydrogen-bond acceptors (Lipinski definition) is 3. The van der Waals surface area contributed by atoms with Gasteiger partial charge in [0.25, 0.3) is 0 Å². The predicted molar refractivity (Wildman–Crippen MR) is 74.4 cm³/mol. The minimum atomic E-state index is -0.901. The lowest BCUT2D eigenvalue weighted by molar-refractivity contribution is -0.139. The van der Waals surface area contributed by atoms with E-state index in [2.05, 4.69) is 5.32 Å². The molecule has 0 saturated heterocycles. The Labute approximate surface area is 113 Å². The molecule has 1 atom stereocenters. The maximum atomic E-state index is 11.3. The fraction of sp³-hybridized carbons (Fsp3) is 0.429. The molecular formula is C14H20N2O3. The van der Waals surface area contributed by atoms with Crippen LogP contribution in [0.3, 0.4) is 0 Å². The van der Waals surface area contributed by atoms with E-state index in [1.54, 1.807) is 19.2 Å². The zero-order chi connectivity index (χ0) is 14.4. The van der Waals surface area contributed by atoms with Crippen LogP contribution in [0.4, 0.5) is 5.69 Å². The fourth-order valence-corrected chi connectivity index (χ4v) is 1.84. The Bertz CT molecular complexity index is 441. The van der Waals surface area contributed by atoms with Gasteiger partial charge in [0.05, 0.1) is 5.92 Å². The zero-order valence-electron chi connectivity index (χ0n) is 11.5. The monoisotopic (exact) mass is 264 g/mol. The Morgan fingerprint density at radius 1 is 1.26 bits per heavy atom. The van der Waals surface area contributed by atoms with Crippen molar-refractivity contribution in [1.82, 2.24) is 5.32 Å². The smallest absolute Gasteiger partial charge is 0.310 e. The van der Waals surface area contributed by atoms with E-state index in [1.165, 1.54) is 0 Å². The first-order valence-corrected chi connectivity index (χ1v) is 6.16. The maximum Gasteiger partial charge on any atom is 0.310 e. The minimum absolute atomic E-state index is 0.142. The highest BCUT2D eigenvalue weighted by Gasteiger charge is 2.20. The molecule has 5 nitrogen and oxygen atoms in total. The van der Waals surface area contributed by atoms with E-state index < -0.39 is 11.9 Å². The van der Waals surface area contributed by atoms with Crippen molar-refractivity contribution in [3.8, 4) is 0 Å². The normalized spacial score (nSPS) is 11.7. The van der Waals surface area contributed by atoms with Crippen LogP contribution in [0.25, 0.3) is 0 Å². The molecule has 0 spiro atoms. The standard InChI is InChI=1S/C14H20N2O3/c1-15-13(17)9-8-12(14(18)19)10-4-6-11(7-5-10)16(2)3/h4-7,12H,8-9H2,1-3H3,(H,15,17)(H,18,19). The second kappa shape index (κ2) is 6.78. The number of carbonyl (C=O) groups excluding carboxylic acids is 1. The van der Waals surface area contributed by atoms with Gasteiger partial charge in [-0.15, -0.1) is 0 Å². The molecule has 1 aromatic carbocycles. The molecule has 0 aliphatic rings. The molecule has 0 bridgehead atoms. The number of aliphatic carboxylic acids is 1. The Kier molecular flexibility index (Phi) is 5.36. The molecule has 1 rings (SSSR count). The molecular weight excluding hydrogens is 244 g/mol. The summed E-state index contributed by atoms with van der Waals surface area (Å²) in [6, 6.07) is 7.37. The largest absolute Gasteiger partial charge is 0.481 e. The van der Waals surface area contributed by atoms with Gasteiger partial charge in [0, 0.05) is 33.3 Å². The Balaban J connectivity index is 2.81. The summed E-state index contributed by atoms with van der Waals surface area (Å²) in [5.74, 6) is -1.69. The molecule has 0 radical (unpaired) electrons. The lowest BCUT2D eigenvalue weighted by atomic mass is 9.94. The molecule has 0 heterocycles. The highest BCUT2D eigenvalue weighted by atomic mass is 16.4. The third kappa shape index (κ3) is 4.28. The predicted octanol–water partition coefficient (Wildman–Crippen LogP) is 1.45. The van der Waals surface area contributed by atoms with E-state index >= 15 is 0 Å². The van der Waals surface area contributed by atoms with Gasteiger partial charge in [0.1, 0.15) is 0 Å². The summed E-state index contributed by atoms with van der Waals surface area (Å²) in [4.78, 5) is 24.4. The molecule has 0 aliphatic carbocycles. The Morgan fingerprint density at radius 3 is 2.26 bits per heavy atom. The molecule has 0 aromatic heterocycles. The van der Waals surface area contributed by atoms with Gasteiger partial charge in [-0.2, -0.15) is 0 Å². The van der Waals surface area contributed by atoms with Crippen LogP contribution in [-0.2, 0) is 9.59 Å². The summed E-state index contributed by atoms with van der Waals surface area (Å²) in [6.07, 6.45) is 0.513. The van der Waals surface area contributed by atoms with Gasteiger partial charge in [0.15, 0.2) is 0 Å². The molecule has 104 valence electrons. The number of anilines is 1. The second-order valence-electron chi connectivity index (χ2n) is 4.59. The number of nitrogens with zero attached hydrogens (tertiary/aromatic N) is 1. The minimum Gasteiger partial charge on any atom is -0.481 e. The van der Waals surface area contributed by atoms with Crippen molar-refractivity contribution in [3.63, 3.8) is 0 Å². The first-order valence-electron chi connectivity index (χ1n) is 6.16. The van der Waals surface area contributed by atoms with Gasteiger partial charge < -0.3 is 15.3 Å². The lowest BCUT2D eigenvalue weighted by Gasteiger charge is -2.16. The van der Waals surface area contributed by atoms with Gasteiger partial charge in [0.2, 0.25) is 5.91 Å². The first-order chi connectivity index (χ1) is 8.95. The van der Waals surface area contributed by atoms with Crippen LogP contribution in [0.2, 0.25) is 0 Å². The molecule has 1 aromatic rings. The Morgan fingerprint density at radius 2 is 1.84 bits per heavy atom. The van der Waals surface area contributed by atoms with Gasteiger partial charge in [-0.1, -0.05) is 12.1 Å². The number of hydrogen-bond donors (Lipinski definition) is 2. The molecule has 1 amide bonds. The lowest BCUT2D eigenvalue weighted by Crippen LogP contribution is -2.20. The number of nitrogens with one attached hydrogen (secondary N) is 1. The van der Waals surface area contributed by atoms with Crippen LogP contribution >= 0.6 is 0 Å². The number of benzene rings is 1. The van der Waals surface area contributed by atoms with Crippen LogP contribution in [0.1, 0.15) is 24.3 Å². The van der Waals surface area contributed by atoms with E-state index in [0.717, 1.165) is 11.3 Å². The van der Waals surface area contributed by atoms with Crippen LogP contribution in [0.15, 0.2) is 24.3 Å².